The third-order valence-electron chi connectivity index (χ3n) is 2.98. The molecule has 0 aromatic heterocycles. The van der Waals surface area contributed by atoms with Crippen molar-refractivity contribution < 1.29 is 4.74 Å². The molecule has 0 aliphatic heterocycles. The topological polar surface area (TPSA) is 21.6 Å². The van der Waals surface area contributed by atoms with Gasteiger partial charge in [-0.15, -0.1) is 0 Å². The van der Waals surface area contributed by atoms with E-state index in [-0.39, 0.29) is 6.04 Å². The third kappa shape index (κ3) is 3.95. The number of hydrogen-bond acceptors (Lipinski definition) is 2. The monoisotopic (exact) mass is 253 g/mol. The first-order valence-electron chi connectivity index (χ1n) is 6.49. The van der Waals surface area contributed by atoms with E-state index in [0.717, 1.165) is 17.7 Å². The van der Waals surface area contributed by atoms with E-state index in [9.17, 15) is 0 Å². The highest BCUT2D eigenvalue weighted by atomic mass is 16.5. The maximum atomic E-state index is 5.30. The lowest BCUT2D eigenvalue weighted by Gasteiger charge is -2.07. The van der Waals surface area contributed by atoms with Crippen molar-refractivity contribution in [2.45, 2.75) is 19.4 Å². The highest BCUT2D eigenvalue weighted by molar-refractivity contribution is 5.83. The van der Waals surface area contributed by atoms with E-state index in [1.807, 2.05) is 36.5 Å². The summed E-state index contributed by atoms with van der Waals surface area (Å²) in [5.74, 6) is 0.859. The molecule has 0 fully saturated rings. The SMILES string of the molecule is COc1ccccc1C=N[C@@H](C)Cc1ccccc1. The summed E-state index contributed by atoms with van der Waals surface area (Å²) in [4.78, 5) is 4.59. The van der Waals surface area contributed by atoms with Gasteiger partial charge in [-0.3, -0.25) is 4.99 Å². The van der Waals surface area contributed by atoms with E-state index in [2.05, 4.69) is 36.2 Å². The van der Waals surface area contributed by atoms with Gasteiger partial charge in [0, 0.05) is 11.8 Å². The lowest BCUT2D eigenvalue weighted by molar-refractivity contribution is 0.414. The smallest absolute Gasteiger partial charge is 0.127 e. The van der Waals surface area contributed by atoms with Crippen molar-refractivity contribution in [1.82, 2.24) is 0 Å². The zero-order valence-corrected chi connectivity index (χ0v) is 11.4. The Morgan fingerprint density at radius 1 is 1.05 bits per heavy atom. The Bertz CT molecular complexity index is 534. The molecular formula is C17H19NO. The van der Waals surface area contributed by atoms with E-state index < -0.39 is 0 Å². The average molecular weight is 253 g/mol. The van der Waals surface area contributed by atoms with E-state index in [0.29, 0.717) is 0 Å². The molecule has 2 heteroatoms. The zero-order chi connectivity index (χ0) is 13.5. The number of ether oxygens (including phenoxy) is 1. The second-order valence-electron chi connectivity index (χ2n) is 4.56. The van der Waals surface area contributed by atoms with Crippen LogP contribution >= 0.6 is 0 Å². The molecule has 2 nitrogen and oxygen atoms in total. The molecule has 19 heavy (non-hydrogen) atoms. The van der Waals surface area contributed by atoms with Gasteiger partial charge in [-0.25, -0.2) is 0 Å². The zero-order valence-electron chi connectivity index (χ0n) is 11.4. The molecule has 2 aromatic carbocycles. The minimum atomic E-state index is 0.257. The molecule has 0 heterocycles. The summed E-state index contributed by atoms with van der Waals surface area (Å²) in [6, 6.07) is 18.6. The second-order valence-corrected chi connectivity index (χ2v) is 4.56. The first-order valence-corrected chi connectivity index (χ1v) is 6.49. The lowest BCUT2D eigenvalue weighted by Crippen LogP contribution is -2.03. The Labute approximate surface area is 114 Å². The molecule has 0 saturated heterocycles. The van der Waals surface area contributed by atoms with Gasteiger partial charge in [0.2, 0.25) is 0 Å². The van der Waals surface area contributed by atoms with Crippen LogP contribution in [0.25, 0.3) is 0 Å². The molecule has 0 spiro atoms. The second kappa shape index (κ2) is 6.74. The molecule has 0 N–H and O–H groups in total. The Balaban J connectivity index is 2.02. The summed E-state index contributed by atoms with van der Waals surface area (Å²) in [5, 5.41) is 0. The summed E-state index contributed by atoms with van der Waals surface area (Å²) in [5.41, 5.74) is 2.33. The van der Waals surface area contributed by atoms with Crippen molar-refractivity contribution in [3.05, 3.63) is 65.7 Å². The Morgan fingerprint density at radius 2 is 1.74 bits per heavy atom. The van der Waals surface area contributed by atoms with Crippen LogP contribution in [0.3, 0.4) is 0 Å². The van der Waals surface area contributed by atoms with Crippen LogP contribution in [0.15, 0.2) is 59.6 Å². The van der Waals surface area contributed by atoms with Gasteiger partial charge in [-0.2, -0.15) is 0 Å². The molecule has 2 rings (SSSR count). The Kier molecular flexibility index (Phi) is 4.73. The molecule has 0 radical (unpaired) electrons. The van der Waals surface area contributed by atoms with Crippen molar-refractivity contribution in [3.8, 4) is 5.75 Å². The van der Waals surface area contributed by atoms with Crippen LogP contribution in [0.5, 0.6) is 5.75 Å². The molecule has 1 atom stereocenters. The maximum absolute atomic E-state index is 5.30. The van der Waals surface area contributed by atoms with Crippen molar-refractivity contribution in [1.29, 1.82) is 0 Å². The van der Waals surface area contributed by atoms with Crippen LogP contribution in [0.2, 0.25) is 0 Å². The lowest BCUT2D eigenvalue weighted by atomic mass is 10.1. The number of para-hydroxylation sites is 1. The Morgan fingerprint density at radius 3 is 2.47 bits per heavy atom. The molecule has 0 unspecified atom stereocenters. The largest absolute Gasteiger partial charge is 0.496 e. The summed E-state index contributed by atoms with van der Waals surface area (Å²) in [6.07, 6.45) is 2.85. The standard InChI is InChI=1S/C17H19NO/c1-14(12-15-8-4-3-5-9-15)18-13-16-10-6-7-11-17(16)19-2/h3-11,13-14H,12H2,1-2H3/t14-/m0/s1. The van der Waals surface area contributed by atoms with Gasteiger partial charge < -0.3 is 4.74 Å². The first kappa shape index (κ1) is 13.3. The van der Waals surface area contributed by atoms with Gasteiger partial charge in [-0.05, 0) is 31.0 Å². The number of aliphatic imine (C=N–C) groups is 1. The number of nitrogens with zero attached hydrogens (tertiary/aromatic N) is 1. The van der Waals surface area contributed by atoms with Crippen LogP contribution in [-0.2, 0) is 6.42 Å². The molecule has 2 aromatic rings. The van der Waals surface area contributed by atoms with Crippen molar-refractivity contribution >= 4 is 6.21 Å². The van der Waals surface area contributed by atoms with E-state index in [1.165, 1.54) is 5.56 Å². The summed E-state index contributed by atoms with van der Waals surface area (Å²) in [7, 11) is 1.68. The fourth-order valence-corrected chi connectivity index (χ4v) is 1.99. The first-order chi connectivity index (χ1) is 9.29. The highest BCUT2D eigenvalue weighted by Gasteiger charge is 2.02. The number of benzene rings is 2. The number of methoxy groups -OCH3 is 1. The summed E-state index contributed by atoms with van der Waals surface area (Å²) in [6.45, 7) is 2.12. The van der Waals surface area contributed by atoms with Gasteiger partial charge >= 0.3 is 0 Å². The molecular weight excluding hydrogens is 234 g/mol. The molecule has 0 aliphatic rings. The fourth-order valence-electron chi connectivity index (χ4n) is 1.99. The van der Waals surface area contributed by atoms with Crippen molar-refractivity contribution in [2.24, 2.45) is 4.99 Å². The number of hydrogen-bond donors (Lipinski definition) is 0. The predicted molar refractivity (Wildman–Crippen MR) is 80.2 cm³/mol. The minimum Gasteiger partial charge on any atom is -0.496 e. The van der Waals surface area contributed by atoms with Crippen molar-refractivity contribution in [3.63, 3.8) is 0 Å². The van der Waals surface area contributed by atoms with Gasteiger partial charge in [0.1, 0.15) is 5.75 Å². The van der Waals surface area contributed by atoms with Gasteiger partial charge in [0.25, 0.3) is 0 Å². The van der Waals surface area contributed by atoms with Crippen LogP contribution in [0.4, 0.5) is 0 Å². The van der Waals surface area contributed by atoms with Gasteiger partial charge in [0.05, 0.1) is 13.2 Å². The average Bonchev–Trinajstić information content (AvgIpc) is 2.46. The van der Waals surface area contributed by atoms with Crippen molar-refractivity contribution in [2.75, 3.05) is 7.11 Å². The van der Waals surface area contributed by atoms with Crippen LogP contribution in [0.1, 0.15) is 18.1 Å². The minimum absolute atomic E-state index is 0.257. The highest BCUT2D eigenvalue weighted by Crippen LogP contribution is 2.15. The number of rotatable bonds is 5. The molecule has 98 valence electrons. The van der Waals surface area contributed by atoms with E-state index in [1.54, 1.807) is 7.11 Å². The fraction of sp³-hybridized carbons (Fsp3) is 0.235. The maximum Gasteiger partial charge on any atom is 0.127 e. The summed E-state index contributed by atoms with van der Waals surface area (Å²) >= 11 is 0. The normalized spacial score (nSPS) is 12.5. The van der Waals surface area contributed by atoms with E-state index in [4.69, 9.17) is 4.74 Å². The summed E-state index contributed by atoms with van der Waals surface area (Å²) < 4.78 is 5.30. The van der Waals surface area contributed by atoms with E-state index >= 15 is 0 Å². The molecule has 0 saturated carbocycles. The molecule has 0 bridgehead atoms. The molecule has 0 aliphatic carbocycles. The molecule has 0 amide bonds. The van der Waals surface area contributed by atoms with Crippen LogP contribution in [0, 0.1) is 0 Å². The van der Waals surface area contributed by atoms with Gasteiger partial charge in [-0.1, -0.05) is 42.5 Å². The Hall–Kier alpha value is -2.09. The van der Waals surface area contributed by atoms with Gasteiger partial charge in [0.15, 0.2) is 0 Å². The van der Waals surface area contributed by atoms with Crippen LogP contribution < -0.4 is 4.74 Å². The van der Waals surface area contributed by atoms with Crippen LogP contribution in [-0.4, -0.2) is 19.4 Å². The quantitative estimate of drug-likeness (QED) is 0.744. The predicted octanol–water partition coefficient (Wildman–Crippen LogP) is 3.75. The third-order valence-corrected chi connectivity index (χ3v) is 2.98.